The first-order valence-corrected chi connectivity index (χ1v) is 7.56. The third-order valence-corrected chi connectivity index (χ3v) is 3.85. The van der Waals surface area contributed by atoms with Gasteiger partial charge in [-0.2, -0.15) is 0 Å². The van der Waals surface area contributed by atoms with Gasteiger partial charge in [0.05, 0.1) is 6.33 Å². The van der Waals surface area contributed by atoms with Crippen LogP contribution in [0.1, 0.15) is 5.56 Å². The molecule has 124 valence electrons. The zero-order valence-electron chi connectivity index (χ0n) is 12.9. The van der Waals surface area contributed by atoms with Crippen molar-refractivity contribution in [3.05, 3.63) is 82.4 Å². The molecule has 0 amide bonds. The number of hydrogen-bond donors (Lipinski definition) is 1. The van der Waals surface area contributed by atoms with Crippen LogP contribution in [0.15, 0.2) is 59.7 Å². The summed E-state index contributed by atoms with van der Waals surface area (Å²) in [5, 5.41) is 0. The molecule has 0 aliphatic heterocycles. The number of fused-ring (bicyclic) bond motifs is 1. The molecule has 0 aliphatic rings. The normalized spacial score (nSPS) is 11.1. The molecule has 0 spiro atoms. The van der Waals surface area contributed by atoms with Gasteiger partial charge in [0.15, 0.2) is 11.2 Å². The Balaban J connectivity index is 1.77. The summed E-state index contributed by atoms with van der Waals surface area (Å²) < 4.78 is 28.0. The Hall–Kier alpha value is -3.35. The maximum atomic E-state index is 13.4. The standard InChI is InChI=1S/C18H12F2N4O/c19-13-6-4-11(5-7-13)9-24-10-21-17-15(24)18(25)23-16(22-17)12-2-1-3-14(20)8-12/h1-8,10H,9H2,(H,22,23,25). The molecule has 0 saturated carbocycles. The summed E-state index contributed by atoms with van der Waals surface area (Å²) >= 11 is 0. The van der Waals surface area contributed by atoms with E-state index in [1.165, 1.54) is 30.6 Å². The fourth-order valence-corrected chi connectivity index (χ4v) is 2.66. The second-order valence-electron chi connectivity index (χ2n) is 5.60. The Bertz CT molecular complexity index is 1120. The van der Waals surface area contributed by atoms with Gasteiger partial charge in [0.25, 0.3) is 5.56 Å². The van der Waals surface area contributed by atoms with Crippen molar-refractivity contribution >= 4 is 11.2 Å². The van der Waals surface area contributed by atoms with Crippen molar-refractivity contribution in [1.29, 1.82) is 0 Å². The Morgan fingerprint density at radius 2 is 1.84 bits per heavy atom. The Labute approximate surface area is 140 Å². The molecule has 2 aromatic carbocycles. The van der Waals surface area contributed by atoms with Gasteiger partial charge in [-0.05, 0) is 29.8 Å². The number of nitrogens with zero attached hydrogens (tertiary/aromatic N) is 3. The lowest BCUT2D eigenvalue weighted by Gasteiger charge is -2.05. The van der Waals surface area contributed by atoms with Crippen LogP contribution in [-0.2, 0) is 6.54 Å². The monoisotopic (exact) mass is 338 g/mol. The SMILES string of the molecule is O=c1[nH]c(-c2cccc(F)c2)nc2ncn(Cc3ccc(F)cc3)c12. The molecule has 0 radical (unpaired) electrons. The maximum Gasteiger partial charge on any atom is 0.277 e. The van der Waals surface area contributed by atoms with Crippen molar-refractivity contribution in [2.75, 3.05) is 0 Å². The number of aromatic nitrogens is 4. The van der Waals surface area contributed by atoms with E-state index in [0.717, 1.165) is 5.56 Å². The molecular formula is C18H12F2N4O. The maximum absolute atomic E-state index is 13.4. The molecule has 0 aliphatic carbocycles. The number of rotatable bonds is 3. The van der Waals surface area contributed by atoms with Gasteiger partial charge in [0.2, 0.25) is 0 Å². The molecular weight excluding hydrogens is 326 g/mol. The average molecular weight is 338 g/mol. The highest BCUT2D eigenvalue weighted by Gasteiger charge is 2.12. The van der Waals surface area contributed by atoms with Crippen LogP contribution < -0.4 is 5.56 Å². The van der Waals surface area contributed by atoms with Crippen LogP contribution in [0, 0.1) is 11.6 Å². The van der Waals surface area contributed by atoms with E-state index in [2.05, 4.69) is 15.0 Å². The third-order valence-electron chi connectivity index (χ3n) is 3.85. The van der Waals surface area contributed by atoms with E-state index in [4.69, 9.17) is 0 Å². The van der Waals surface area contributed by atoms with Crippen molar-refractivity contribution in [3.8, 4) is 11.4 Å². The zero-order valence-corrected chi connectivity index (χ0v) is 12.9. The first-order chi connectivity index (χ1) is 12.1. The number of aromatic amines is 1. The fourth-order valence-electron chi connectivity index (χ4n) is 2.66. The van der Waals surface area contributed by atoms with E-state index in [9.17, 15) is 13.6 Å². The molecule has 0 bridgehead atoms. The summed E-state index contributed by atoms with van der Waals surface area (Å²) in [6, 6.07) is 11.8. The molecule has 0 unspecified atom stereocenters. The highest BCUT2D eigenvalue weighted by Crippen LogP contribution is 2.17. The van der Waals surface area contributed by atoms with Gasteiger partial charge in [0, 0.05) is 12.1 Å². The van der Waals surface area contributed by atoms with Crippen molar-refractivity contribution < 1.29 is 8.78 Å². The number of halogens is 2. The van der Waals surface area contributed by atoms with Gasteiger partial charge in [-0.3, -0.25) is 4.79 Å². The van der Waals surface area contributed by atoms with Gasteiger partial charge in [-0.1, -0.05) is 24.3 Å². The van der Waals surface area contributed by atoms with Crippen molar-refractivity contribution in [3.63, 3.8) is 0 Å². The smallest absolute Gasteiger partial charge is 0.277 e. The van der Waals surface area contributed by atoms with Crippen molar-refractivity contribution in [2.24, 2.45) is 0 Å². The quantitative estimate of drug-likeness (QED) is 0.624. The highest BCUT2D eigenvalue weighted by molar-refractivity contribution is 5.72. The summed E-state index contributed by atoms with van der Waals surface area (Å²) in [6.07, 6.45) is 1.51. The minimum atomic E-state index is -0.415. The van der Waals surface area contributed by atoms with Crippen molar-refractivity contribution in [1.82, 2.24) is 19.5 Å². The zero-order chi connectivity index (χ0) is 17.4. The average Bonchev–Trinajstić information content (AvgIpc) is 3.00. The lowest BCUT2D eigenvalue weighted by Crippen LogP contribution is -2.13. The molecule has 4 rings (SSSR count). The number of imidazole rings is 1. The molecule has 0 saturated heterocycles. The van der Waals surface area contributed by atoms with Crippen LogP contribution in [0.3, 0.4) is 0 Å². The second kappa shape index (κ2) is 5.94. The van der Waals surface area contributed by atoms with Crippen LogP contribution in [0.2, 0.25) is 0 Å². The summed E-state index contributed by atoms with van der Waals surface area (Å²) in [7, 11) is 0. The van der Waals surface area contributed by atoms with E-state index in [-0.39, 0.29) is 22.8 Å². The van der Waals surface area contributed by atoms with Crippen molar-refractivity contribution in [2.45, 2.75) is 6.54 Å². The Kier molecular flexibility index (Phi) is 3.61. The summed E-state index contributed by atoms with van der Waals surface area (Å²) in [4.78, 5) is 23.6. The molecule has 4 aromatic rings. The van der Waals surface area contributed by atoms with Crippen LogP contribution in [-0.4, -0.2) is 19.5 Å². The van der Waals surface area contributed by atoms with Crippen LogP contribution in [0.5, 0.6) is 0 Å². The van der Waals surface area contributed by atoms with Gasteiger partial charge < -0.3 is 9.55 Å². The Morgan fingerprint density at radius 3 is 2.60 bits per heavy atom. The fraction of sp³-hybridized carbons (Fsp3) is 0.0556. The summed E-state index contributed by atoms with van der Waals surface area (Å²) in [5.41, 5.74) is 1.50. The number of nitrogens with one attached hydrogen (secondary N) is 1. The van der Waals surface area contributed by atoms with E-state index >= 15 is 0 Å². The predicted molar refractivity (Wildman–Crippen MR) is 89.0 cm³/mol. The van der Waals surface area contributed by atoms with E-state index in [1.807, 2.05) is 0 Å². The van der Waals surface area contributed by atoms with Gasteiger partial charge in [-0.25, -0.2) is 18.7 Å². The third kappa shape index (κ3) is 2.91. The van der Waals surface area contributed by atoms with E-state index in [1.54, 1.807) is 28.8 Å². The number of benzene rings is 2. The highest BCUT2D eigenvalue weighted by atomic mass is 19.1. The molecule has 0 fully saturated rings. The molecule has 5 nitrogen and oxygen atoms in total. The second-order valence-corrected chi connectivity index (χ2v) is 5.60. The predicted octanol–water partition coefficient (Wildman–Crippen LogP) is 3.11. The number of H-pyrrole nitrogens is 1. The van der Waals surface area contributed by atoms with Crippen LogP contribution in [0.4, 0.5) is 8.78 Å². The first-order valence-electron chi connectivity index (χ1n) is 7.56. The molecule has 2 heterocycles. The lowest BCUT2D eigenvalue weighted by atomic mass is 10.2. The molecule has 7 heteroatoms. The molecule has 2 aromatic heterocycles. The van der Waals surface area contributed by atoms with E-state index in [0.29, 0.717) is 17.6 Å². The summed E-state index contributed by atoms with van der Waals surface area (Å²) in [6.45, 7) is 0.362. The van der Waals surface area contributed by atoms with Crippen LogP contribution >= 0.6 is 0 Å². The number of hydrogen-bond acceptors (Lipinski definition) is 3. The lowest BCUT2D eigenvalue weighted by molar-refractivity contribution is 0.626. The van der Waals surface area contributed by atoms with Crippen LogP contribution in [0.25, 0.3) is 22.6 Å². The molecule has 0 atom stereocenters. The minimum Gasteiger partial charge on any atom is -0.320 e. The Morgan fingerprint density at radius 1 is 1.04 bits per heavy atom. The van der Waals surface area contributed by atoms with Gasteiger partial charge in [-0.15, -0.1) is 0 Å². The van der Waals surface area contributed by atoms with Gasteiger partial charge in [0.1, 0.15) is 17.5 Å². The molecule has 25 heavy (non-hydrogen) atoms. The van der Waals surface area contributed by atoms with Gasteiger partial charge >= 0.3 is 0 Å². The molecule has 1 N–H and O–H groups in total. The summed E-state index contributed by atoms with van der Waals surface area (Å²) in [5.74, 6) is -0.482. The largest absolute Gasteiger partial charge is 0.320 e. The van der Waals surface area contributed by atoms with E-state index < -0.39 is 5.82 Å². The minimum absolute atomic E-state index is 0.254. The topological polar surface area (TPSA) is 63.6 Å². The first kappa shape index (κ1) is 15.2.